The minimum atomic E-state index is -1.34. The van der Waals surface area contributed by atoms with Crippen LogP contribution in [0.5, 0.6) is 11.5 Å². The first-order valence-corrected chi connectivity index (χ1v) is 18.6. The average Bonchev–Trinajstić information content (AvgIpc) is 3.30. The molecule has 0 aliphatic carbocycles. The first-order chi connectivity index (χ1) is 21.4. The van der Waals surface area contributed by atoms with Crippen molar-refractivity contribution in [3.63, 3.8) is 0 Å². The van der Waals surface area contributed by atoms with Crippen molar-refractivity contribution in [1.82, 2.24) is 9.55 Å². The summed E-state index contributed by atoms with van der Waals surface area (Å²) in [5.74, 6) is -2.84. The Kier molecular flexibility index (Phi) is 9.77. The lowest BCUT2D eigenvalue weighted by Gasteiger charge is -2.31. The number of pyridine rings is 1. The Bertz CT molecular complexity index is 1740. The molecule has 0 spiro atoms. The van der Waals surface area contributed by atoms with Crippen molar-refractivity contribution in [3.05, 3.63) is 77.4 Å². The number of ether oxygens (including phenoxy) is 3. The molecule has 3 heterocycles. The summed E-state index contributed by atoms with van der Waals surface area (Å²) in [5, 5.41) is 9.54. The van der Waals surface area contributed by atoms with Crippen LogP contribution in [0.25, 0.3) is 22.2 Å². The van der Waals surface area contributed by atoms with Gasteiger partial charge in [-0.15, -0.1) is 0 Å². The number of aromatic nitrogens is 2. The molecule has 1 aliphatic heterocycles. The topological polar surface area (TPSA) is 86.4 Å². The Labute approximate surface area is 261 Å². The van der Waals surface area contributed by atoms with Crippen molar-refractivity contribution in [2.75, 3.05) is 19.8 Å². The Morgan fingerprint density at radius 1 is 1.11 bits per heavy atom. The van der Waals surface area contributed by atoms with Crippen LogP contribution >= 0.6 is 0 Å². The minimum Gasteiger partial charge on any atom is -0.450 e. The van der Waals surface area contributed by atoms with E-state index < -0.39 is 31.3 Å². The monoisotopic (exact) mass is 635 g/mol. The fraction of sp³-hybridized carbons (Fsp3) is 0.382. The van der Waals surface area contributed by atoms with E-state index in [1.807, 2.05) is 13.0 Å². The van der Waals surface area contributed by atoms with Gasteiger partial charge in [0.05, 0.1) is 30.2 Å². The van der Waals surface area contributed by atoms with Gasteiger partial charge in [0.2, 0.25) is 0 Å². The van der Waals surface area contributed by atoms with E-state index in [4.69, 9.17) is 14.2 Å². The summed E-state index contributed by atoms with van der Waals surface area (Å²) in [6, 6.07) is 10.6. The second-order valence-electron chi connectivity index (χ2n) is 12.9. The highest BCUT2D eigenvalue weighted by molar-refractivity contribution is 6.76. The lowest BCUT2D eigenvalue weighted by Crippen LogP contribution is -2.34. The molecule has 11 heteroatoms. The molecule has 1 atom stereocenters. The summed E-state index contributed by atoms with van der Waals surface area (Å²) in [4.78, 5) is 17.1. The number of nitrogens with zero attached hydrogens (tertiary/aromatic N) is 3. The quantitative estimate of drug-likeness (QED) is 0.110. The molecule has 4 aromatic rings. The highest BCUT2D eigenvalue weighted by atomic mass is 28.3. The molecule has 45 heavy (non-hydrogen) atoms. The van der Waals surface area contributed by atoms with Crippen LogP contribution in [0, 0.1) is 40.6 Å². The summed E-state index contributed by atoms with van der Waals surface area (Å²) >= 11 is 0. The van der Waals surface area contributed by atoms with Crippen molar-refractivity contribution >= 4 is 24.9 Å². The molecular weight excluding hydrogens is 599 g/mol. The number of ketones is 1. The maximum Gasteiger partial charge on any atom is 0.198 e. The van der Waals surface area contributed by atoms with Gasteiger partial charge < -0.3 is 18.8 Å². The van der Waals surface area contributed by atoms with Gasteiger partial charge in [-0.25, -0.2) is 18.2 Å². The summed E-state index contributed by atoms with van der Waals surface area (Å²) in [6.45, 7) is 10.6. The first-order valence-electron chi connectivity index (χ1n) is 14.9. The van der Waals surface area contributed by atoms with E-state index in [0.29, 0.717) is 48.8 Å². The van der Waals surface area contributed by atoms with Crippen LogP contribution in [-0.4, -0.2) is 43.2 Å². The number of carbonyl (C=O) groups excluding carboxylic acids is 1. The van der Waals surface area contributed by atoms with Crippen LogP contribution in [0.2, 0.25) is 25.7 Å². The molecular formula is C34H36F3N3O4Si. The maximum atomic E-state index is 15.4. The van der Waals surface area contributed by atoms with Crippen LogP contribution in [0.3, 0.4) is 0 Å². The number of hydrogen-bond donors (Lipinski definition) is 0. The van der Waals surface area contributed by atoms with Gasteiger partial charge in [-0.2, -0.15) is 5.26 Å². The number of hydrogen-bond acceptors (Lipinski definition) is 6. The molecule has 0 amide bonds. The van der Waals surface area contributed by atoms with Crippen LogP contribution < -0.4 is 4.74 Å². The molecule has 7 nitrogen and oxygen atoms in total. The lowest BCUT2D eigenvalue weighted by molar-refractivity contribution is -0.121. The largest absolute Gasteiger partial charge is 0.450 e. The van der Waals surface area contributed by atoms with Crippen molar-refractivity contribution in [1.29, 1.82) is 5.26 Å². The van der Waals surface area contributed by atoms with E-state index >= 15 is 13.2 Å². The molecule has 1 fully saturated rings. The molecule has 0 N–H and O–H groups in total. The van der Waals surface area contributed by atoms with Crippen molar-refractivity contribution in [3.8, 4) is 28.7 Å². The van der Waals surface area contributed by atoms with Gasteiger partial charge in [0.1, 0.15) is 29.7 Å². The molecule has 0 bridgehead atoms. The van der Waals surface area contributed by atoms with Crippen molar-refractivity contribution < 1.29 is 32.2 Å². The fourth-order valence-electron chi connectivity index (χ4n) is 5.25. The van der Waals surface area contributed by atoms with E-state index in [-0.39, 0.29) is 47.3 Å². The molecule has 2 aromatic heterocycles. The molecule has 1 aliphatic rings. The van der Waals surface area contributed by atoms with Crippen LogP contribution in [0.4, 0.5) is 13.2 Å². The maximum absolute atomic E-state index is 15.4. The SMILES string of the molecule is CC(CC(=O)Cc1cc(F)c(Oc2ccnc3c2c(-c2ccc(C#N)cc2F)cn3COCC[Si](C)(C)C)c(F)c1)C1COC1. The Morgan fingerprint density at radius 2 is 1.84 bits per heavy atom. The summed E-state index contributed by atoms with van der Waals surface area (Å²) in [6.07, 6.45) is 3.29. The third kappa shape index (κ3) is 7.64. The smallest absolute Gasteiger partial charge is 0.198 e. The second kappa shape index (κ2) is 13.6. The fourth-order valence-corrected chi connectivity index (χ4v) is 6.00. The first kappa shape index (κ1) is 32.4. The number of halogens is 3. The van der Waals surface area contributed by atoms with Crippen molar-refractivity contribution in [2.24, 2.45) is 11.8 Å². The third-order valence-electron chi connectivity index (χ3n) is 8.02. The Hall–Kier alpha value is -3.98. The highest BCUT2D eigenvalue weighted by Crippen LogP contribution is 2.40. The summed E-state index contributed by atoms with van der Waals surface area (Å²) in [7, 11) is -1.34. The van der Waals surface area contributed by atoms with Gasteiger partial charge in [0, 0.05) is 57.0 Å². The summed E-state index contributed by atoms with van der Waals surface area (Å²) < 4.78 is 64.7. The van der Waals surface area contributed by atoms with E-state index in [1.165, 1.54) is 24.4 Å². The minimum absolute atomic E-state index is 0.0535. The third-order valence-corrected chi connectivity index (χ3v) is 9.73. The molecule has 1 saturated heterocycles. The van der Waals surface area contributed by atoms with Crippen LogP contribution in [-0.2, 0) is 27.4 Å². The van der Waals surface area contributed by atoms with E-state index in [0.717, 1.165) is 24.2 Å². The van der Waals surface area contributed by atoms with E-state index in [9.17, 15) is 10.1 Å². The summed E-state index contributed by atoms with van der Waals surface area (Å²) in [5.41, 5.74) is 1.25. The highest BCUT2D eigenvalue weighted by Gasteiger charge is 2.27. The Morgan fingerprint density at radius 3 is 2.47 bits per heavy atom. The number of carbonyl (C=O) groups is 1. The average molecular weight is 636 g/mol. The zero-order valence-corrected chi connectivity index (χ0v) is 26.8. The molecule has 1 unspecified atom stereocenters. The van der Waals surface area contributed by atoms with Gasteiger partial charge in [-0.05, 0) is 47.9 Å². The number of fused-ring (bicyclic) bond motifs is 1. The number of benzene rings is 2. The standard InChI is InChI=1S/C34H36F3N3O4Si/c1-21(24-18-43-19-24)11-25(41)12-23-14-29(36)33(30(37)15-23)44-31-7-8-39-34-32(31)27(26-6-5-22(16-38)13-28(26)35)17-40(34)20-42-9-10-45(2,3)4/h5-8,13-15,17,21,24H,9-12,18-20H2,1-4H3. The van der Waals surface area contributed by atoms with Crippen LogP contribution in [0.1, 0.15) is 24.5 Å². The molecule has 2 aromatic carbocycles. The van der Waals surface area contributed by atoms with E-state index in [1.54, 1.807) is 10.8 Å². The zero-order valence-electron chi connectivity index (χ0n) is 25.8. The van der Waals surface area contributed by atoms with Gasteiger partial charge in [-0.1, -0.05) is 32.6 Å². The molecule has 236 valence electrons. The second-order valence-corrected chi connectivity index (χ2v) is 18.5. The number of Topliss-reactive ketones (excluding diaryl/α,β-unsaturated/α-hetero) is 1. The Balaban J connectivity index is 1.46. The predicted molar refractivity (Wildman–Crippen MR) is 167 cm³/mol. The zero-order chi connectivity index (χ0) is 32.3. The van der Waals surface area contributed by atoms with Gasteiger partial charge in [0.15, 0.2) is 17.4 Å². The molecule has 0 saturated carbocycles. The number of nitriles is 1. The molecule has 5 rings (SSSR count). The van der Waals surface area contributed by atoms with Crippen LogP contribution in [0.15, 0.2) is 48.8 Å². The number of rotatable bonds is 13. The molecule has 0 radical (unpaired) electrons. The van der Waals surface area contributed by atoms with E-state index in [2.05, 4.69) is 24.6 Å². The predicted octanol–water partition coefficient (Wildman–Crippen LogP) is 7.88. The van der Waals surface area contributed by atoms with Gasteiger partial charge in [0.25, 0.3) is 0 Å². The normalized spacial score (nSPS) is 14.3. The lowest BCUT2D eigenvalue weighted by atomic mass is 9.87. The van der Waals surface area contributed by atoms with Gasteiger partial charge in [-0.3, -0.25) is 4.79 Å². The van der Waals surface area contributed by atoms with Crippen molar-refractivity contribution in [2.45, 2.75) is 52.2 Å². The van der Waals surface area contributed by atoms with Gasteiger partial charge >= 0.3 is 0 Å².